The first-order chi connectivity index (χ1) is 13.3. The van der Waals surface area contributed by atoms with E-state index in [0.29, 0.717) is 11.7 Å². The van der Waals surface area contributed by atoms with Gasteiger partial charge in [0.25, 0.3) is 0 Å². The smallest absolute Gasteiger partial charge is 0.163 e. The largest absolute Gasteiger partial charge is 0.383 e. The third-order valence-electron chi connectivity index (χ3n) is 5.32. The molecule has 0 bridgehead atoms. The minimum Gasteiger partial charge on any atom is -0.383 e. The second-order valence-corrected chi connectivity index (χ2v) is 7.09. The number of hydrogen-bond acceptors (Lipinski definition) is 6. The van der Waals surface area contributed by atoms with E-state index in [-0.39, 0.29) is 12.4 Å². The maximum absolute atomic E-state index is 6.23. The normalized spacial score (nSPS) is 15.0. The quantitative estimate of drug-likeness (QED) is 0.553. The minimum absolute atomic E-state index is 0. The zero-order chi connectivity index (χ0) is 18.2. The molecule has 0 spiro atoms. The molecule has 0 radical (unpaired) electrons. The number of nitrogens with one attached hydrogen (secondary N) is 1. The van der Waals surface area contributed by atoms with E-state index in [1.54, 1.807) is 6.20 Å². The van der Waals surface area contributed by atoms with Crippen molar-refractivity contribution in [2.75, 3.05) is 18.8 Å². The van der Waals surface area contributed by atoms with E-state index in [2.05, 4.69) is 32.4 Å². The lowest BCUT2D eigenvalue weighted by Gasteiger charge is -2.22. The molecule has 1 fully saturated rings. The van der Waals surface area contributed by atoms with E-state index in [9.17, 15) is 0 Å². The Hall–Kier alpha value is -2.77. The first-order valence-corrected chi connectivity index (χ1v) is 9.32. The van der Waals surface area contributed by atoms with Crippen molar-refractivity contribution in [2.24, 2.45) is 5.92 Å². The van der Waals surface area contributed by atoms with Crippen molar-refractivity contribution >= 4 is 40.2 Å². The number of piperidine rings is 1. The van der Waals surface area contributed by atoms with E-state index in [0.717, 1.165) is 65.7 Å². The molecule has 0 atom stereocenters. The number of aromatic nitrogens is 5. The van der Waals surface area contributed by atoms with Crippen LogP contribution >= 0.6 is 12.4 Å². The molecule has 1 aliphatic heterocycles. The highest BCUT2D eigenvalue weighted by atomic mass is 35.5. The number of fused-ring (bicyclic) bond motifs is 2. The predicted molar refractivity (Wildman–Crippen MR) is 113 cm³/mol. The number of halogens is 1. The number of nitrogens with zero attached hydrogens (tertiary/aromatic N) is 5. The number of benzene rings is 1. The Kier molecular flexibility index (Phi) is 5.11. The fourth-order valence-corrected chi connectivity index (χ4v) is 3.89. The van der Waals surface area contributed by atoms with Gasteiger partial charge in [0.2, 0.25) is 0 Å². The van der Waals surface area contributed by atoms with Crippen LogP contribution in [0.2, 0.25) is 0 Å². The van der Waals surface area contributed by atoms with Crippen LogP contribution in [0, 0.1) is 5.92 Å². The zero-order valence-electron chi connectivity index (χ0n) is 15.4. The molecular weight excluding hydrogens is 374 g/mol. The number of nitrogens with two attached hydrogens (primary N) is 1. The molecular formula is C20H22ClN7. The average Bonchev–Trinajstić information content (AvgIpc) is 3.08. The summed E-state index contributed by atoms with van der Waals surface area (Å²) in [7, 11) is 0. The van der Waals surface area contributed by atoms with Crippen LogP contribution in [-0.2, 0) is 6.54 Å². The Bertz CT molecular complexity index is 1120. The molecule has 5 rings (SSSR count). The standard InChI is InChI=1S/C20H21N7.ClH/c21-19-17-18(15-3-4-16-14(10-15)2-1-7-23-16)26-27(20(17)25-12-24-19)11-13-5-8-22-9-6-13;/h1-4,7,10,12-13,22H,5-6,8-9,11H2,(H2,21,24,25);1H. The summed E-state index contributed by atoms with van der Waals surface area (Å²) in [5, 5.41) is 10.2. The highest BCUT2D eigenvalue weighted by Gasteiger charge is 2.20. The van der Waals surface area contributed by atoms with Gasteiger partial charge in [-0.15, -0.1) is 12.4 Å². The Morgan fingerprint density at radius 2 is 1.96 bits per heavy atom. The lowest BCUT2D eigenvalue weighted by molar-refractivity contribution is 0.325. The Labute approximate surface area is 168 Å². The molecule has 0 aliphatic carbocycles. The summed E-state index contributed by atoms with van der Waals surface area (Å²) in [6.45, 7) is 2.97. The Morgan fingerprint density at radius 3 is 2.82 bits per heavy atom. The molecule has 7 nitrogen and oxygen atoms in total. The molecule has 0 unspecified atom stereocenters. The van der Waals surface area contributed by atoms with Gasteiger partial charge in [0.1, 0.15) is 17.8 Å². The van der Waals surface area contributed by atoms with Crippen molar-refractivity contribution < 1.29 is 0 Å². The molecule has 4 heterocycles. The number of anilines is 1. The Morgan fingerprint density at radius 1 is 1.11 bits per heavy atom. The molecule has 1 aromatic carbocycles. The molecule has 0 saturated carbocycles. The van der Waals surface area contributed by atoms with Gasteiger partial charge in [0.05, 0.1) is 10.9 Å². The summed E-state index contributed by atoms with van der Waals surface area (Å²) < 4.78 is 2.01. The van der Waals surface area contributed by atoms with Crippen LogP contribution in [0.1, 0.15) is 12.8 Å². The SMILES string of the molecule is Cl.Nc1ncnc2c1c(-c1ccc3ncccc3c1)nn2CC1CCNCC1. The molecule has 3 aromatic heterocycles. The number of rotatable bonds is 3. The van der Waals surface area contributed by atoms with Gasteiger partial charge in [-0.1, -0.05) is 12.1 Å². The summed E-state index contributed by atoms with van der Waals surface area (Å²) in [6.07, 6.45) is 5.63. The van der Waals surface area contributed by atoms with Crippen LogP contribution in [0.25, 0.3) is 33.2 Å². The maximum Gasteiger partial charge on any atom is 0.163 e. The number of hydrogen-bond donors (Lipinski definition) is 2. The molecule has 0 amide bonds. The van der Waals surface area contributed by atoms with Crippen LogP contribution in [-0.4, -0.2) is 37.8 Å². The van der Waals surface area contributed by atoms with Gasteiger partial charge < -0.3 is 11.1 Å². The highest BCUT2D eigenvalue weighted by molar-refractivity contribution is 5.99. The van der Waals surface area contributed by atoms with Gasteiger partial charge in [-0.05, 0) is 50.0 Å². The Balaban J connectivity index is 0.00000192. The highest BCUT2D eigenvalue weighted by Crippen LogP contribution is 2.32. The number of pyridine rings is 1. The minimum atomic E-state index is 0. The van der Waals surface area contributed by atoms with E-state index in [1.165, 1.54) is 6.33 Å². The van der Waals surface area contributed by atoms with E-state index in [4.69, 9.17) is 10.8 Å². The van der Waals surface area contributed by atoms with Crippen LogP contribution in [0.5, 0.6) is 0 Å². The molecule has 8 heteroatoms. The third-order valence-corrected chi connectivity index (χ3v) is 5.32. The summed E-state index contributed by atoms with van der Waals surface area (Å²) in [5.74, 6) is 1.07. The number of nitrogen functional groups attached to an aromatic ring is 1. The van der Waals surface area contributed by atoms with Gasteiger partial charge in [0.15, 0.2) is 5.65 Å². The molecule has 4 aromatic rings. The van der Waals surface area contributed by atoms with Gasteiger partial charge in [0, 0.05) is 23.7 Å². The van der Waals surface area contributed by atoms with Crippen LogP contribution < -0.4 is 11.1 Å². The zero-order valence-corrected chi connectivity index (χ0v) is 16.2. The molecule has 3 N–H and O–H groups in total. The van der Waals surface area contributed by atoms with E-state index in [1.807, 2.05) is 22.9 Å². The van der Waals surface area contributed by atoms with Crippen LogP contribution in [0.15, 0.2) is 42.9 Å². The summed E-state index contributed by atoms with van der Waals surface area (Å²) in [5.41, 5.74) is 9.84. The van der Waals surface area contributed by atoms with Crippen LogP contribution in [0.3, 0.4) is 0 Å². The second-order valence-electron chi connectivity index (χ2n) is 7.09. The van der Waals surface area contributed by atoms with E-state index < -0.39 is 0 Å². The van der Waals surface area contributed by atoms with Crippen molar-refractivity contribution in [1.29, 1.82) is 0 Å². The monoisotopic (exact) mass is 395 g/mol. The van der Waals surface area contributed by atoms with Gasteiger partial charge >= 0.3 is 0 Å². The molecule has 1 saturated heterocycles. The summed E-state index contributed by atoms with van der Waals surface area (Å²) in [6, 6.07) is 10.2. The van der Waals surface area contributed by atoms with Crippen molar-refractivity contribution in [2.45, 2.75) is 19.4 Å². The third kappa shape index (κ3) is 3.27. The maximum atomic E-state index is 6.23. The molecule has 144 valence electrons. The predicted octanol–water partition coefficient (Wildman–Crippen LogP) is 3.05. The van der Waals surface area contributed by atoms with Gasteiger partial charge in [-0.2, -0.15) is 5.10 Å². The second kappa shape index (κ2) is 7.69. The average molecular weight is 396 g/mol. The van der Waals surface area contributed by atoms with Crippen molar-refractivity contribution in [3.05, 3.63) is 42.9 Å². The lowest BCUT2D eigenvalue weighted by Crippen LogP contribution is -2.30. The first-order valence-electron chi connectivity index (χ1n) is 9.32. The lowest BCUT2D eigenvalue weighted by atomic mass is 9.98. The van der Waals surface area contributed by atoms with Crippen LogP contribution in [0.4, 0.5) is 5.82 Å². The van der Waals surface area contributed by atoms with Gasteiger partial charge in [-0.25, -0.2) is 14.6 Å². The topological polar surface area (TPSA) is 94.5 Å². The molecule has 28 heavy (non-hydrogen) atoms. The van der Waals surface area contributed by atoms with Crippen molar-refractivity contribution in [3.8, 4) is 11.3 Å². The summed E-state index contributed by atoms with van der Waals surface area (Å²) >= 11 is 0. The molecule has 1 aliphatic rings. The first kappa shape index (κ1) is 18.6. The fourth-order valence-electron chi connectivity index (χ4n) is 3.89. The summed E-state index contributed by atoms with van der Waals surface area (Å²) in [4.78, 5) is 13.1. The van der Waals surface area contributed by atoms with Crippen molar-refractivity contribution in [1.82, 2.24) is 30.0 Å². The van der Waals surface area contributed by atoms with E-state index >= 15 is 0 Å². The van der Waals surface area contributed by atoms with Gasteiger partial charge in [-0.3, -0.25) is 4.98 Å². The van der Waals surface area contributed by atoms with Crippen molar-refractivity contribution in [3.63, 3.8) is 0 Å². The fraction of sp³-hybridized carbons (Fsp3) is 0.300.